The first kappa shape index (κ1) is 25.0. The van der Waals surface area contributed by atoms with Gasteiger partial charge in [0, 0.05) is 7.11 Å². The summed E-state index contributed by atoms with van der Waals surface area (Å²) in [6.45, 7) is 0.610. The van der Waals surface area contributed by atoms with Gasteiger partial charge in [-0.05, 0) is 16.7 Å². The maximum Gasteiger partial charge on any atom is 0.272 e. The van der Waals surface area contributed by atoms with Crippen LogP contribution in [0.3, 0.4) is 0 Å². The number of rotatable bonds is 10. The maximum absolute atomic E-state index is 6.46. The number of benzene rings is 3. The molecule has 0 spiro atoms. The van der Waals surface area contributed by atoms with Gasteiger partial charge in [-0.2, -0.15) is 0 Å². The second-order valence-electron chi connectivity index (χ2n) is 8.82. The lowest BCUT2D eigenvalue weighted by Crippen LogP contribution is -2.64. The van der Waals surface area contributed by atoms with E-state index in [1.165, 1.54) is 0 Å². The number of hydrogen-bond acceptors (Lipinski definition) is 7. The summed E-state index contributed by atoms with van der Waals surface area (Å²) in [5.41, 5.74) is 3.14. The largest absolute Gasteiger partial charge is 0.368 e. The van der Waals surface area contributed by atoms with Crippen LogP contribution in [0.2, 0.25) is 0 Å². The molecule has 2 aliphatic rings. The first-order valence-corrected chi connectivity index (χ1v) is 12.2. The summed E-state index contributed by atoms with van der Waals surface area (Å²) in [7, 11) is 1.61. The van der Waals surface area contributed by atoms with Crippen molar-refractivity contribution < 1.29 is 33.2 Å². The average molecular weight is 493 g/mol. The third kappa shape index (κ3) is 6.38. The van der Waals surface area contributed by atoms with E-state index in [4.69, 9.17) is 33.2 Å². The monoisotopic (exact) mass is 492 g/mol. The van der Waals surface area contributed by atoms with E-state index in [9.17, 15) is 0 Å². The molecule has 0 amide bonds. The molecule has 5 rings (SSSR count). The second kappa shape index (κ2) is 12.6. The molecule has 190 valence electrons. The molecule has 6 atom stereocenters. The van der Waals surface area contributed by atoms with Gasteiger partial charge in [-0.25, -0.2) is 0 Å². The molecule has 36 heavy (non-hydrogen) atoms. The molecule has 2 fully saturated rings. The molecule has 2 saturated heterocycles. The van der Waals surface area contributed by atoms with E-state index in [0.29, 0.717) is 26.4 Å². The molecule has 0 N–H and O–H groups in total. The Hall–Kier alpha value is -2.62. The van der Waals surface area contributed by atoms with Gasteiger partial charge in [0.25, 0.3) is 6.48 Å². The molecular weight excluding hydrogens is 460 g/mol. The molecule has 0 saturated carbocycles. The van der Waals surface area contributed by atoms with Crippen LogP contribution in [0.5, 0.6) is 0 Å². The van der Waals surface area contributed by atoms with Gasteiger partial charge in [0.1, 0.15) is 24.4 Å². The van der Waals surface area contributed by atoms with Gasteiger partial charge < -0.3 is 33.2 Å². The molecule has 0 radical (unpaired) electrons. The Labute approximate surface area is 211 Å². The Morgan fingerprint density at radius 2 is 1.14 bits per heavy atom. The van der Waals surface area contributed by atoms with E-state index in [0.717, 1.165) is 16.7 Å². The van der Waals surface area contributed by atoms with E-state index in [-0.39, 0.29) is 6.10 Å². The highest BCUT2D eigenvalue weighted by Gasteiger charge is 2.51. The summed E-state index contributed by atoms with van der Waals surface area (Å²) in [4.78, 5) is 0. The van der Waals surface area contributed by atoms with Crippen molar-refractivity contribution in [2.45, 2.75) is 57.0 Å². The molecule has 3 aromatic rings. The van der Waals surface area contributed by atoms with E-state index >= 15 is 0 Å². The standard InChI is InChI=1S/C29H32O7/c1-30-28-27(32-18-22-13-7-3-8-14-22)26(31-17-21-11-5-2-6-12-21)25-24(35-28)20-34-29(36-25)33-19-23-15-9-4-10-16-23/h2-16,24-29H,17-20H2,1H3. The highest BCUT2D eigenvalue weighted by molar-refractivity contribution is 5.15. The summed E-state index contributed by atoms with van der Waals surface area (Å²) in [6, 6.07) is 29.9. The van der Waals surface area contributed by atoms with Crippen molar-refractivity contribution in [2.24, 2.45) is 0 Å². The third-order valence-corrected chi connectivity index (χ3v) is 6.29. The number of ether oxygens (including phenoxy) is 7. The normalized spacial score (nSPS) is 27.9. The minimum Gasteiger partial charge on any atom is -0.368 e. The van der Waals surface area contributed by atoms with Gasteiger partial charge in [0.2, 0.25) is 0 Å². The lowest BCUT2D eigenvalue weighted by atomic mass is 9.97. The molecule has 2 heterocycles. The van der Waals surface area contributed by atoms with Crippen LogP contribution in [0, 0.1) is 0 Å². The molecular formula is C29H32O7. The lowest BCUT2D eigenvalue weighted by Gasteiger charge is -2.48. The van der Waals surface area contributed by atoms with E-state index in [1.807, 2.05) is 91.0 Å². The molecule has 7 heteroatoms. The molecule has 0 aromatic heterocycles. The molecule has 6 unspecified atom stereocenters. The van der Waals surface area contributed by atoms with Crippen molar-refractivity contribution >= 4 is 0 Å². The first-order valence-electron chi connectivity index (χ1n) is 12.2. The fourth-order valence-electron chi connectivity index (χ4n) is 4.43. The zero-order valence-electron chi connectivity index (χ0n) is 20.3. The first-order chi connectivity index (χ1) is 17.8. The van der Waals surface area contributed by atoms with Gasteiger partial charge in [0.05, 0.1) is 26.4 Å². The zero-order chi connectivity index (χ0) is 24.6. The Morgan fingerprint density at radius 1 is 0.639 bits per heavy atom. The van der Waals surface area contributed by atoms with E-state index in [2.05, 4.69) is 0 Å². The van der Waals surface area contributed by atoms with Crippen molar-refractivity contribution in [2.75, 3.05) is 13.7 Å². The Morgan fingerprint density at radius 3 is 1.67 bits per heavy atom. The Bertz CT molecular complexity index is 1030. The summed E-state index contributed by atoms with van der Waals surface area (Å²) < 4.78 is 42.7. The summed E-state index contributed by atoms with van der Waals surface area (Å²) in [5, 5.41) is 0. The van der Waals surface area contributed by atoms with Gasteiger partial charge in [0.15, 0.2) is 6.29 Å². The summed E-state index contributed by atoms with van der Waals surface area (Å²) in [6.07, 6.45) is -2.47. The highest BCUT2D eigenvalue weighted by Crippen LogP contribution is 2.33. The summed E-state index contributed by atoms with van der Waals surface area (Å²) >= 11 is 0. The fraction of sp³-hybridized carbons (Fsp3) is 0.379. The van der Waals surface area contributed by atoms with Crippen LogP contribution in [0.25, 0.3) is 0 Å². The molecule has 0 bridgehead atoms. The summed E-state index contributed by atoms with van der Waals surface area (Å²) in [5.74, 6) is 0. The van der Waals surface area contributed by atoms with Crippen LogP contribution in [0.15, 0.2) is 91.0 Å². The van der Waals surface area contributed by atoms with Gasteiger partial charge in [-0.1, -0.05) is 91.0 Å². The number of methoxy groups -OCH3 is 1. The number of hydrogen-bond donors (Lipinski definition) is 0. The van der Waals surface area contributed by atoms with Crippen molar-refractivity contribution in [3.8, 4) is 0 Å². The second-order valence-corrected chi connectivity index (χ2v) is 8.82. The smallest absolute Gasteiger partial charge is 0.272 e. The van der Waals surface area contributed by atoms with Gasteiger partial charge in [-0.3, -0.25) is 0 Å². The fourth-order valence-corrected chi connectivity index (χ4v) is 4.43. The molecule has 2 aliphatic heterocycles. The van der Waals surface area contributed by atoms with Crippen molar-refractivity contribution in [3.63, 3.8) is 0 Å². The van der Waals surface area contributed by atoms with Gasteiger partial charge in [-0.15, -0.1) is 0 Å². The van der Waals surface area contributed by atoms with Crippen LogP contribution in [-0.2, 0) is 53.0 Å². The Kier molecular flexibility index (Phi) is 8.74. The van der Waals surface area contributed by atoms with Crippen LogP contribution in [-0.4, -0.2) is 50.9 Å². The number of fused-ring (bicyclic) bond motifs is 1. The average Bonchev–Trinajstić information content (AvgIpc) is 2.95. The van der Waals surface area contributed by atoms with Crippen LogP contribution in [0.1, 0.15) is 16.7 Å². The van der Waals surface area contributed by atoms with E-state index < -0.39 is 31.1 Å². The van der Waals surface area contributed by atoms with Gasteiger partial charge >= 0.3 is 0 Å². The molecule has 3 aromatic carbocycles. The predicted molar refractivity (Wildman–Crippen MR) is 132 cm³/mol. The van der Waals surface area contributed by atoms with Crippen LogP contribution < -0.4 is 0 Å². The SMILES string of the molecule is COC1OC2COC(OCc3ccccc3)OC2C(OCc2ccccc2)C1OCc1ccccc1. The topological polar surface area (TPSA) is 64.6 Å². The van der Waals surface area contributed by atoms with Crippen molar-refractivity contribution in [1.82, 2.24) is 0 Å². The minimum absolute atomic E-state index is 0.292. The molecule has 7 nitrogen and oxygen atoms in total. The Balaban J connectivity index is 1.32. The van der Waals surface area contributed by atoms with Crippen molar-refractivity contribution in [1.29, 1.82) is 0 Å². The lowest BCUT2D eigenvalue weighted by molar-refractivity contribution is -0.411. The zero-order valence-corrected chi connectivity index (χ0v) is 20.3. The molecule has 0 aliphatic carbocycles. The van der Waals surface area contributed by atoms with Crippen LogP contribution in [0.4, 0.5) is 0 Å². The van der Waals surface area contributed by atoms with Crippen molar-refractivity contribution in [3.05, 3.63) is 108 Å². The minimum atomic E-state index is -0.841. The van der Waals surface area contributed by atoms with Crippen LogP contribution >= 0.6 is 0 Å². The maximum atomic E-state index is 6.46. The van der Waals surface area contributed by atoms with E-state index in [1.54, 1.807) is 7.11 Å². The quantitative estimate of drug-likeness (QED) is 0.415. The highest BCUT2D eigenvalue weighted by atomic mass is 16.9. The predicted octanol–water partition coefficient (Wildman–Crippen LogP) is 4.44. The third-order valence-electron chi connectivity index (χ3n) is 6.29.